The molecule has 0 aliphatic carbocycles. The molecule has 140 valence electrons. The quantitative estimate of drug-likeness (QED) is 0.767. The number of pyridine rings is 1. The lowest BCUT2D eigenvalue weighted by Gasteiger charge is -2.53. The van der Waals surface area contributed by atoms with Crippen LogP contribution in [0.15, 0.2) is 48.8 Å². The van der Waals surface area contributed by atoms with Crippen LogP contribution in [0.2, 0.25) is 0 Å². The van der Waals surface area contributed by atoms with Gasteiger partial charge in [-0.1, -0.05) is 12.1 Å². The van der Waals surface area contributed by atoms with Crippen molar-refractivity contribution in [3.8, 4) is 5.88 Å². The third kappa shape index (κ3) is 3.19. The molecule has 2 fully saturated rings. The second-order valence-electron chi connectivity index (χ2n) is 7.56. The van der Waals surface area contributed by atoms with Gasteiger partial charge in [-0.25, -0.2) is 9.37 Å². The maximum Gasteiger partial charge on any atom is 0.250 e. The largest absolute Gasteiger partial charge is 0.472 e. The number of nitrogens with zero attached hydrogens (tertiary/aromatic N) is 2. The minimum absolute atomic E-state index is 0.0570. The van der Waals surface area contributed by atoms with Crippen molar-refractivity contribution in [1.29, 1.82) is 0 Å². The highest BCUT2D eigenvalue weighted by molar-refractivity contribution is 5.82. The van der Waals surface area contributed by atoms with Gasteiger partial charge in [0.05, 0.1) is 12.2 Å². The molecule has 0 saturated carbocycles. The summed E-state index contributed by atoms with van der Waals surface area (Å²) in [5, 5.41) is 1.27. The molecule has 2 aliphatic rings. The van der Waals surface area contributed by atoms with E-state index in [1.165, 1.54) is 22.5 Å². The number of hydrogen-bond donors (Lipinski definition) is 1. The van der Waals surface area contributed by atoms with Crippen LogP contribution in [0.3, 0.4) is 0 Å². The highest BCUT2D eigenvalue weighted by Gasteiger charge is 2.48. The molecular weight excluding hydrogens is 345 g/mol. The average Bonchev–Trinajstić information content (AvgIpc) is 3.13. The molecule has 1 unspecified atom stereocenters. The van der Waals surface area contributed by atoms with E-state index in [1.54, 1.807) is 12.3 Å². The number of likely N-dealkylation sites (tertiary alicyclic amines) is 1. The van der Waals surface area contributed by atoms with Crippen LogP contribution in [0.25, 0.3) is 10.9 Å². The molecule has 4 heterocycles. The fourth-order valence-electron chi connectivity index (χ4n) is 4.33. The van der Waals surface area contributed by atoms with Crippen LogP contribution in [0, 0.1) is 5.82 Å². The molecule has 6 heteroatoms. The number of halogens is 1. The predicted octanol–water partition coefficient (Wildman–Crippen LogP) is 3.51. The second kappa shape index (κ2) is 6.62. The summed E-state index contributed by atoms with van der Waals surface area (Å²) in [6, 6.07) is 11.4. The number of H-pyrrole nitrogens is 1. The lowest BCUT2D eigenvalue weighted by molar-refractivity contribution is -0.188. The van der Waals surface area contributed by atoms with E-state index >= 15 is 0 Å². The Bertz CT molecular complexity index is 951. The molecule has 27 heavy (non-hydrogen) atoms. The van der Waals surface area contributed by atoms with Crippen molar-refractivity contribution in [3.05, 3.63) is 60.2 Å². The Morgan fingerprint density at radius 2 is 2.19 bits per heavy atom. The standard InChI is InChI=1S/C21H22FN3O2/c22-18-4-2-8-24-20(18)27-16-7-10-26-21(11-16)13-25(14-21)12-15-3-1-5-19-17(15)6-9-23-19/h1-6,8-9,16,23H,7,10-14H2. The van der Waals surface area contributed by atoms with Crippen molar-refractivity contribution in [2.75, 3.05) is 19.7 Å². The summed E-state index contributed by atoms with van der Waals surface area (Å²) in [5.74, 6) is -0.317. The van der Waals surface area contributed by atoms with Crippen molar-refractivity contribution in [2.24, 2.45) is 0 Å². The van der Waals surface area contributed by atoms with E-state index in [1.807, 2.05) is 6.20 Å². The fourth-order valence-corrected chi connectivity index (χ4v) is 4.33. The van der Waals surface area contributed by atoms with Gasteiger partial charge in [-0.2, -0.15) is 0 Å². The van der Waals surface area contributed by atoms with Gasteiger partial charge in [-0.15, -0.1) is 0 Å². The van der Waals surface area contributed by atoms with Gasteiger partial charge >= 0.3 is 0 Å². The number of aromatic amines is 1. The number of rotatable bonds is 4. The maximum absolute atomic E-state index is 13.8. The molecule has 2 aliphatic heterocycles. The number of hydrogen-bond acceptors (Lipinski definition) is 4. The van der Waals surface area contributed by atoms with Crippen LogP contribution >= 0.6 is 0 Å². The van der Waals surface area contributed by atoms with Gasteiger partial charge in [0.1, 0.15) is 6.10 Å². The normalized spacial score (nSPS) is 22.0. The summed E-state index contributed by atoms with van der Waals surface area (Å²) in [4.78, 5) is 9.66. The van der Waals surface area contributed by atoms with E-state index < -0.39 is 5.82 Å². The van der Waals surface area contributed by atoms with Crippen LogP contribution in [-0.4, -0.2) is 46.3 Å². The molecule has 1 N–H and O–H groups in total. The summed E-state index contributed by atoms with van der Waals surface area (Å²) in [7, 11) is 0. The first-order valence-corrected chi connectivity index (χ1v) is 9.39. The Balaban J connectivity index is 1.22. The fraction of sp³-hybridized carbons (Fsp3) is 0.381. The van der Waals surface area contributed by atoms with Crippen LogP contribution in [0.1, 0.15) is 18.4 Å². The molecule has 1 aromatic carbocycles. The molecule has 1 atom stereocenters. The van der Waals surface area contributed by atoms with E-state index in [0.717, 1.165) is 32.5 Å². The van der Waals surface area contributed by atoms with E-state index in [9.17, 15) is 4.39 Å². The number of fused-ring (bicyclic) bond motifs is 1. The monoisotopic (exact) mass is 367 g/mol. The van der Waals surface area contributed by atoms with Crippen LogP contribution < -0.4 is 4.74 Å². The molecule has 0 amide bonds. The Labute approximate surface area is 157 Å². The number of nitrogens with one attached hydrogen (secondary N) is 1. The van der Waals surface area contributed by atoms with E-state index in [4.69, 9.17) is 9.47 Å². The van der Waals surface area contributed by atoms with Gasteiger partial charge in [0.25, 0.3) is 5.88 Å². The van der Waals surface area contributed by atoms with Crippen LogP contribution in [-0.2, 0) is 11.3 Å². The zero-order valence-corrected chi connectivity index (χ0v) is 15.0. The summed E-state index contributed by atoms with van der Waals surface area (Å²) < 4.78 is 25.7. The lowest BCUT2D eigenvalue weighted by Crippen LogP contribution is -2.65. The molecule has 5 nitrogen and oxygen atoms in total. The summed E-state index contributed by atoms with van der Waals surface area (Å²) in [5.41, 5.74) is 2.31. The Kier molecular flexibility index (Phi) is 4.10. The minimum atomic E-state index is -0.409. The van der Waals surface area contributed by atoms with E-state index in [2.05, 4.69) is 39.1 Å². The Morgan fingerprint density at radius 3 is 3.07 bits per heavy atom. The number of benzene rings is 1. The van der Waals surface area contributed by atoms with E-state index in [0.29, 0.717) is 6.61 Å². The molecule has 0 radical (unpaired) electrons. The molecule has 2 aromatic heterocycles. The van der Waals surface area contributed by atoms with Gasteiger partial charge in [0.15, 0.2) is 5.82 Å². The molecule has 2 saturated heterocycles. The van der Waals surface area contributed by atoms with Gasteiger partial charge < -0.3 is 14.5 Å². The van der Waals surface area contributed by atoms with Gasteiger partial charge in [0.2, 0.25) is 0 Å². The first-order valence-electron chi connectivity index (χ1n) is 9.39. The van der Waals surface area contributed by atoms with Crippen molar-refractivity contribution in [2.45, 2.75) is 31.1 Å². The van der Waals surface area contributed by atoms with E-state index in [-0.39, 0.29) is 17.6 Å². The Hall–Kier alpha value is -2.44. The average molecular weight is 367 g/mol. The van der Waals surface area contributed by atoms with Crippen LogP contribution in [0.5, 0.6) is 5.88 Å². The summed E-state index contributed by atoms with van der Waals surface area (Å²) >= 11 is 0. The van der Waals surface area contributed by atoms with Crippen molar-refractivity contribution in [1.82, 2.24) is 14.9 Å². The second-order valence-corrected chi connectivity index (χ2v) is 7.56. The van der Waals surface area contributed by atoms with Crippen molar-refractivity contribution in [3.63, 3.8) is 0 Å². The third-order valence-electron chi connectivity index (χ3n) is 5.55. The zero-order chi connectivity index (χ0) is 18.3. The SMILES string of the molecule is Fc1cccnc1OC1CCOC2(C1)CN(Cc1cccc3[nH]ccc13)C2. The lowest BCUT2D eigenvalue weighted by atomic mass is 9.84. The molecule has 1 spiro atoms. The van der Waals surface area contributed by atoms with Gasteiger partial charge in [0, 0.05) is 55.8 Å². The highest BCUT2D eigenvalue weighted by Crippen LogP contribution is 2.37. The smallest absolute Gasteiger partial charge is 0.250 e. The summed E-state index contributed by atoms with van der Waals surface area (Å²) in [6.07, 6.45) is 5.02. The van der Waals surface area contributed by atoms with Crippen molar-refractivity contribution < 1.29 is 13.9 Å². The topological polar surface area (TPSA) is 50.4 Å². The maximum atomic E-state index is 13.8. The third-order valence-corrected chi connectivity index (χ3v) is 5.55. The minimum Gasteiger partial charge on any atom is -0.472 e. The summed E-state index contributed by atoms with van der Waals surface area (Å²) in [6.45, 7) is 3.29. The number of ether oxygens (including phenoxy) is 2. The molecule has 3 aromatic rings. The van der Waals surface area contributed by atoms with Gasteiger partial charge in [-0.3, -0.25) is 4.90 Å². The number of aromatic nitrogens is 2. The molecule has 5 rings (SSSR count). The van der Waals surface area contributed by atoms with Crippen molar-refractivity contribution >= 4 is 10.9 Å². The van der Waals surface area contributed by atoms with Gasteiger partial charge in [-0.05, 0) is 29.8 Å². The zero-order valence-electron chi connectivity index (χ0n) is 15.0. The highest BCUT2D eigenvalue weighted by atomic mass is 19.1. The predicted molar refractivity (Wildman–Crippen MR) is 100 cm³/mol. The molecular formula is C21H22FN3O2. The first-order chi connectivity index (χ1) is 13.2. The first kappa shape index (κ1) is 16.7. The molecule has 0 bridgehead atoms. The Morgan fingerprint density at radius 1 is 1.26 bits per heavy atom. The van der Waals surface area contributed by atoms with Crippen LogP contribution in [0.4, 0.5) is 4.39 Å².